The number of alkyl halides is 3. The van der Waals surface area contributed by atoms with E-state index in [1.54, 1.807) is 19.9 Å². The Labute approximate surface area is 243 Å². The number of halogens is 4. The molecule has 1 N–H and O–H groups in total. The van der Waals surface area contributed by atoms with Gasteiger partial charge in [-0.2, -0.15) is 13.2 Å². The van der Waals surface area contributed by atoms with Crippen LogP contribution in [0.1, 0.15) is 31.9 Å². The standard InChI is InChI=1S/C29H31ClF3N3O4S/c1-20(2)34-28(38)21(3)35(17-16-22-10-6-4-7-11-22)27(37)19-36(41(39,40)24-12-8-5-9-13-24)26-18-23(29(31,32)33)14-15-25(26)30/h4-15,18,20-21H,16-17,19H2,1-3H3,(H,34,38)/t21-/m1/s1. The summed E-state index contributed by atoms with van der Waals surface area (Å²) in [6.45, 7) is 4.17. The predicted molar refractivity (Wildman–Crippen MR) is 152 cm³/mol. The van der Waals surface area contributed by atoms with E-state index in [2.05, 4.69) is 5.32 Å². The second-order valence-electron chi connectivity index (χ2n) is 9.65. The summed E-state index contributed by atoms with van der Waals surface area (Å²) in [4.78, 5) is 27.7. The number of anilines is 1. The number of carbonyl (C=O) groups is 2. The topological polar surface area (TPSA) is 86.8 Å². The Morgan fingerprint density at radius 1 is 0.927 bits per heavy atom. The quantitative estimate of drug-likeness (QED) is 0.309. The van der Waals surface area contributed by atoms with Crippen molar-refractivity contribution in [3.05, 3.63) is 95.0 Å². The monoisotopic (exact) mass is 609 g/mol. The van der Waals surface area contributed by atoms with Gasteiger partial charge in [-0.05, 0) is 63.1 Å². The van der Waals surface area contributed by atoms with Crippen molar-refractivity contribution in [2.24, 2.45) is 0 Å². The molecule has 3 rings (SSSR count). The SMILES string of the molecule is CC(C)NC(=O)[C@@H](C)N(CCc1ccccc1)C(=O)CN(c1cc(C(F)(F)F)ccc1Cl)S(=O)(=O)c1ccccc1. The first-order chi connectivity index (χ1) is 19.2. The Morgan fingerprint density at radius 2 is 1.51 bits per heavy atom. The number of nitrogens with one attached hydrogen (secondary N) is 1. The van der Waals surface area contributed by atoms with E-state index in [0.717, 1.165) is 17.7 Å². The third-order valence-corrected chi connectivity index (χ3v) is 8.33. The van der Waals surface area contributed by atoms with Crippen molar-refractivity contribution in [3.8, 4) is 0 Å². The van der Waals surface area contributed by atoms with Crippen LogP contribution in [0.15, 0.2) is 83.8 Å². The maximum Gasteiger partial charge on any atom is 0.416 e. The zero-order chi connectivity index (χ0) is 30.4. The van der Waals surface area contributed by atoms with Crippen molar-refractivity contribution in [1.82, 2.24) is 10.2 Å². The minimum Gasteiger partial charge on any atom is -0.352 e. The van der Waals surface area contributed by atoms with Crippen LogP contribution in [0.25, 0.3) is 0 Å². The first-order valence-corrected chi connectivity index (χ1v) is 14.6. The van der Waals surface area contributed by atoms with E-state index >= 15 is 0 Å². The lowest BCUT2D eigenvalue weighted by molar-refractivity contribution is -0.139. The summed E-state index contributed by atoms with van der Waals surface area (Å²) in [6.07, 6.45) is -4.45. The smallest absolute Gasteiger partial charge is 0.352 e. The summed E-state index contributed by atoms with van der Waals surface area (Å²) in [5, 5.41) is 2.44. The molecule has 220 valence electrons. The van der Waals surface area contributed by atoms with Crippen molar-refractivity contribution in [3.63, 3.8) is 0 Å². The van der Waals surface area contributed by atoms with Crippen molar-refractivity contribution in [2.75, 3.05) is 17.4 Å². The molecule has 12 heteroatoms. The summed E-state index contributed by atoms with van der Waals surface area (Å²) >= 11 is 6.25. The molecule has 0 aliphatic heterocycles. The van der Waals surface area contributed by atoms with Crippen molar-refractivity contribution in [1.29, 1.82) is 0 Å². The Balaban J connectivity index is 2.07. The third kappa shape index (κ3) is 8.23. The van der Waals surface area contributed by atoms with Gasteiger partial charge >= 0.3 is 6.18 Å². The van der Waals surface area contributed by atoms with Crippen LogP contribution in [-0.2, 0) is 32.2 Å². The molecular weight excluding hydrogens is 579 g/mol. The Bertz CT molecular complexity index is 1450. The van der Waals surface area contributed by atoms with Crippen LogP contribution in [0.5, 0.6) is 0 Å². The molecule has 41 heavy (non-hydrogen) atoms. The van der Waals surface area contributed by atoms with Gasteiger partial charge in [-0.3, -0.25) is 13.9 Å². The van der Waals surface area contributed by atoms with Crippen molar-refractivity contribution >= 4 is 39.1 Å². The maximum atomic E-state index is 13.8. The molecule has 7 nitrogen and oxygen atoms in total. The van der Waals surface area contributed by atoms with Crippen LogP contribution in [0.2, 0.25) is 5.02 Å². The van der Waals surface area contributed by atoms with Gasteiger partial charge in [0, 0.05) is 12.6 Å². The molecule has 0 aromatic heterocycles. The lowest BCUT2D eigenvalue weighted by atomic mass is 10.1. The lowest BCUT2D eigenvalue weighted by Crippen LogP contribution is -2.53. The van der Waals surface area contributed by atoms with E-state index in [1.807, 2.05) is 30.3 Å². The van der Waals surface area contributed by atoms with E-state index in [1.165, 1.54) is 36.1 Å². The summed E-state index contributed by atoms with van der Waals surface area (Å²) in [7, 11) is -4.57. The van der Waals surface area contributed by atoms with E-state index in [-0.39, 0.29) is 22.5 Å². The van der Waals surface area contributed by atoms with Crippen LogP contribution in [0.3, 0.4) is 0 Å². The molecule has 0 fully saturated rings. The molecule has 0 spiro atoms. The molecule has 0 radical (unpaired) electrons. The van der Waals surface area contributed by atoms with Gasteiger partial charge in [0.05, 0.1) is 21.2 Å². The minimum atomic E-state index is -4.79. The van der Waals surface area contributed by atoms with Gasteiger partial charge in [-0.1, -0.05) is 60.1 Å². The number of hydrogen-bond donors (Lipinski definition) is 1. The molecule has 0 saturated carbocycles. The van der Waals surface area contributed by atoms with Crippen LogP contribution in [-0.4, -0.2) is 50.3 Å². The molecular formula is C29H31ClF3N3O4S. The number of amides is 2. The Hall–Kier alpha value is -3.57. The lowest BCUT2D eigenvalue weighted by Gasteiger charge is -2.32. The molecule has 3 aromatic carbocycles. The highest BCUT2D eigenvalue weighted by molar-refractivity contribution is 7.92. The van der Waals surface area contributed by atoms with E-state index in [9.17, 15) is 31.2 Å². The average molecular weight is 610 g/mol. The minimum absolute atomic E-state index is 0.0467. The molecule has 0 saturated heterocycles. The maximum absolute atomic E-state index is 13.8. The fourth-order valence-corrected chi connectivity index (χ4v) is 5.80. The van der Waals surface area contributed by atoms with Gasteiger partial charge < -0.3 is 10.2 Å². The second kappa shape index (κ2) is 13.4. The Morgan fingerprint density at radius 3 is 2.07 bits per heavy atom. The molecule has 0 unspecified atom stereocenters. The number of benzene rings is 3. The van der Waals surface area contributed by atoms with Gasteiger partial charge in [-0.15, -0.1) is 0 Å². The highest BCUT2D eigenvalue weighted by Gasteiger charge is 2.36. The van der Waals surface area contributed by atoms with Crippen molar-refractivity contribution < 1.29 is 31.2 Å². The van der Waals surface area contributed by atoms with Gasteiger partial charge in [-0.25, -0.2) is 8.42 Å². The number of rotatable bonds is 11. The summed E-state index contributed by atoms with van der Waals surface area (Å²) in [5.41, 5.74) is -0.777. The first-order valence-electron chi connectivity index (χ1n) is 12.8. The summed E-state index contributed by atoms with van der Waals surface area (Å²) in [6, 6.07) is 17.2. The van der Waals surface area contributed by atoms with Gasteiger partial charge in [0.25, 0.3) is 10.0 Å². The average Bonchev–Trinajstić information content (AvgIpc) is 2.92. The van der Waals surface area contributed by atoms with E-state index in [0.29, 0.717) is 16.8 Å². The number of hydrogen-bond acceptors (Lipinski definition) is 4. The van der Waals surface area contributed by atoms with E-state index < -0.39 is 51.9 Å². The largest absolute Gasteiger partial charge is 0.416 e. The number of nitrogens with zero attached hydrogens (tertiary/aromatic N) is 2. The second-order valence-corrected chi connectivity index (χ2v) is 11.9. The molecule has 0 bridgehead atoms. The number of carbonyl (C=O) groups excluding carboxylic acids is 2. The predicted octanol–water partition coefficient (Wildman–Crippen LogP) is 5.54. The highest BCUT2D eigenvalue weighted by atomic mass is 35.5. The van der Waals surface area contributed by atoms with Gasteiger partial charge in [0.1, 0.15) is 12.6 Å². The van der Waals surface area contributed by atoms with Gasteiger partial charge in [0.2, 0.25) is 11.8 Å². The third-order valence-electron chi connectivity index (χ3n) is 6.23. The molecule has 0 aliphatic rings. The molecule has 0 aliphatic carbocycles. The van der Waals surface area contributed by atoms with Crippen LogP contribution in [0, 0.1) is 0 Å². The summed E-state index contributed by atoms with van der Waals surface area (Å²) < 4.78 is 68.9. The molecule has 3 aromatic rings. The highest BCUT2D eigenvalue weighted by Crippen LogP contribution is 2.37. The fourth-order valence-electron chi connectivity index (χ4n) is 4.09. The van der Waals surface area contributed by atoms with Crippen LogP contribution < -0.4 is 9.62 Å². The van der Waals surface area contributed by atoms with Crippen LogP contribution >= 0.6 is 11.6 Å². The molecule has 1 atom stereocenters. The van der Waals surface area contributed by atoms with Gasteiger partial charge in [0.15, 0.2) is 0 Å². The van der Waals surface area contributed by atoms with E-state index in [4.69, 9.17) is 11.6 Å². The Kier molecular flexibility index (Phi) is 10.4. The first kappa shape index (κ1) is 32.0. The normalized spacial score (nSPS) is 12.6. The zero-order valence-corrected chi connectivity index (χ0v) is 24.3. The summed E-state index contributed by atoms with van der Waals surface area (Å²) in [5.74, 6) is -1.25. The van der Waals surface area contributed by atoms with Crippen LogP contribution in [0.4, 0.5) is 18.9 Å². The molecule has 2 amide bonds. The van der Waals surface area contributed by atoms with Crippen molar-refractivity contribution in [2.45, 2.75) is 50.3 Å². The molecule has 0 heterocycles. The zero-order valence-electron chi connectivity index (χ0n) is 22.7. The fraction of sp³-hybridized carbons (Fsp3) is 0.310. The number of sulfonamides is 1.